The zero-order valence-corrected chi connectivity index (χ0v) is 18.0. The van der Waals surface area contributed by atoms with Crippen molar-refractivity contribution >= 4 is 22.6 Å². The summed E-state index contributed by atoms with van der Waals surface area (Å²) in [6.07, 6.45) is 4.17. The number of nitrogens with one attached hydrogen (secondary N) is 2. The molecule has 0 saturated carbocycles. The first-order valence-electron chi connectivity index (χ1n) is 11.0. The first-order chi connectivity index (χ1) is 15.7. The summed E-state index contributed by atoms with van der Waals surface area (Å²) in [5.74, 6) is 0.492. The molecule has 1 saturated heterocycles. The number of ether oxygens (including phenoxy) is 1. The van der Waals surface area contributed by atoms with Gasteiger partial charge in [0.25, 0.3) is 0 Å². The number of amides is 2. The van der Waals surface area contributed by atoms with E-state index >= 15 is 0 Å². The van der Waals surface area contributed by atoms with Gasteiger partial charge in [-0.1, -0.05) is 36.4 Å². The number of rotatable bonds is 9. The summed E-state index contributed by atoms with van der Waals surface area (Å²) >= 11 is 0. The van der Waals surface area contributed by atoms with Gasteiger partial charge < -0.3 is 15.4 Å². The summed E-state index contributed by atoms with van der Waals surface area (Å²) in [5.41, 5.74) is 1.14. The van der Waals surface area contributed by atoms with Gasteiger partial charge in [0.2, 0.25) is 11.8 Å². The third-order valence-corrected chi connectivity index (χ3v) is 5.57. The number of nitrogens with zero attached hydrogens (tertiary/aromatic N) is 2. The van der Waals surface area contributed by atoms with E-state index < -0.39 is 6.04 Å². The van der Waals surface area contributed by atoms with Crippen molar-refractivity contribution in [1.82, 2.24) is 20.5 Å². The van der Waals surface area contributed by atoms with Gasteiger partial charge in [0.15, 0.2) is 0 Å². The molecular weight excluding hydrogens is 404 g/mol. The average Bonchev–Trinajstić information content (AvgIpc) is 2.82. The van der Waals surface area contributed by atoms with Gasteiger partial charge in [0.1, 0.15) is 5.75 Å². The van der Waals surface area contributed by atoms with Gasteiger partial charge in [-0.05, 0) is 41.0 Å². The van der Waals surface area contributed by atoms with Crippen molar-refractivity contribution in [3.8, 4) is 5.75 Å². The van der Waals surface area contributed by atoms with Gasteiger partial charge in [0.05, 0.1) is 25.3 Å². The Morgan fingerprint density at radius 3 is 2.88 bits per heavy atom. The molecule has 1 aliphatic rings. The lowest BCUT2D eigenvalue weighted by Crippen LogP contribution is -2.56. The molecule has 7 nitrogen and oxygen atoms in total. The quantitative estimate of drug-likeness (QED) is 0.508. The van der Waals surface area contributed by atoms with E-state index in [9.17, 15) is 9.59 Å². The van der Waals surface area contributed by atoms with Crippen LogP contribution in [-0.2, 0) is 16.1 Å². The van der Waals surface area contributed by atoms with Crippen LogP contribution in [0.4, 0.5) is 0 Å². The van der Waals surface area contributed by atoms with E-state index in [-0.39, 0.29) is 18.2 Å². The van der Waals surface area contributed by atoms with Crippen molar-refractivity contribution in [2.75, 3.05) is 26.2 Å². The SMILES string of the molecule is O=C(C[C@@H]1C(=O)NCCN1Cc1ccc2ccccc2c1)NCCCOc1cccnc1. The van der Waals surface area contributed by atoms with Crippen LogP contribution in [0.25, 0.3) is 10.8 Å². The summed E-state index contributed by atoms with van der Waals surface area (Å²) in [4.78, 5) is 31.1. The van der Waals surface area contributed by atoms with Crippen LogP contribution in [0.2, 0.25) is 0 Å². The molecule has 0 aliphatic carbocycles. The Morgan fingerprint density at radius 2 is 2.03 bits per heavy atom. The monoisotopic (exact) mass is 432 g/mol. The van der Waals surface area contributed by atoms with Crippen LogP contribution in [0, 0.1) is 0 Å². The Balaban J connectivity index is 1.28. The minimum absolute atomic E-state index is 0.0906. The summed E-state index contributed by atoms with van der Waals surface area (Å²) in [5, 5.41) is 8.16. The van der Waals surface area contributed by atoms with Gasteiger partial charge >= 0.3 is 0 Å². The summed E-state index contributed by atoms with van der Waals surface area (Å²) in [6.45, 7) is 2.93. The molecule has 0 radical (unpaired) electrons. The van der Waals surface area contributed by atoms with Crippen LogP contribution in [0.3, 0.4) is 0 Å². The van der Waals surface area contributed by atoms with Gasteiger partial charge in [-0.15, -0.1) is 0 Å². The second kappa shape index (κ2) is 10.7. The number of piperazine rings is 1. The molecule has 1 fully saturated rings. The lowest BCUT2D eigenvalue weighted by molar-refractivity contribution is -0.134. The van der Waals surface area contributed by atoms with Crippen LogP contribution in [0.1, 0.15) is 18.4 Å². The van der Waals surface area contributed by atoms with Crippen molar-refractivity contribution in [3.63, 3.8) is 0 Å². The first kappa shape index (κ1) is 21.8. The second-order valence-electron chi connectivity index (χ2n) is 7.90. The maximum absolute atomic E-state index is 12.5. The number of hydrogen-bond acceptors (Lipinski definition) is 5. The molecule has 166 valence electrons. The minimum atomic E-state index is -0.470. The Bertz CT molecular complexity index is 1060. The van der Waals surface area contributed by atoms with E-state index in [2.05, 4.69) is 50.8 Å². The Hall–Kier alpha value is -3.45. The molecule has 7 heteroatoms. The lowest BCUT2D eigenvalue weighted by atomic mass is 10.0. The molecule has 4 rings (SSSR count). The van der Waals surface area contributed by atoms with Crippen molar-refractivity contribution < 1.29 is 14.3 Å². The Labute approximate surface area is 187 Å². The van der Waals surface area contributed by atoms with Crippen LogP contribution in [0.5, 0.6) is 5.75 Å². The van der Waals surface area contributed by atoms with Gasteiger partial charge in [-0.3, -0.25) is 19.5 Å². The molecule has 2 heterocycles. The zero-order chi connectivity index (χ0) is 22.2. The molecule has 0 bridgehead atoms. The topological polar surface area (TPSA) is 83.6 Å². The third kappa shape index (κ3) is 5.82. The maximum atomic E-state index is 12.5. The number of carbonyl (C=O) groups is 2. The Morgan fingerprint density at radius 1 is 1.16 bits per heavy atom. The predicted molar refractivity (Wildman–Crippen MR) is 123 cm³/mol. The molecule has 3 aromatic rings. The first-order valence-corrected chi connectivity index (χ1v) is 11.0. The summed E-state index contributed by atoms with van der Waals surface area (Å²) < 4.78 is 5.58. The fourth-order valence-corrected chi connectivity index (χ4v) is 3.92. The highest BCUT2D eigenvalue weighted by atomic mass is 16.5. The molecule has 1 atom stereocenters. The van der Waals surface area contributed by atoms with E-state index in [0.717, 1.165) is 12.1 Å². The highest BCUT2D eigenvalue weighted by Crippen LogP contribution is 2.19. The molecule has 1 aliphatic heterocycles. The number of pyridine rings is 1. The normalized spacial score (nSPS) is 16.5. The molecule has 2 amide bonds. The summed E-state index contributed by atoms with van der Waals surface area (Å²) in [6, 6.07) is 17.8. The standard InChI is InChI=1S/C25H28N4O3/c30-24(27-11-4-14-32-22-7-3-10-26-17-22)16-23-25(31)28-12-13-29(23)18-19-8-9-20-5-1-2-6-21(20)15-19/h1-3,5-10,15,17,23H,4,11-14,16,18H2,(H,27,30)(H,28,31)/t23-/m1/s1. The van der Waals surface area contributed by atoms with Crippen molar-refractivity contribution in [3.05, 3.63) is 72.6 Å². The maximum Gasteiger partial charge on any atom is 0.237 e. The summed E-state index contributed by atoms with van der Waals surface area (Å²) in [7, 11) is 0. The van der Waals surface area contributed by atoms with Crippen LogP contribution >= 0.6 is 0 Å². The van der Waals surface area contributed by atoms with Crippen molar-refractivity contribution in [1.29, 1.82) is 0 Å². The fourth-order valence-electron chi connectivity index (χ4n) is 3.92. The van der Waals surface area contributed by atoms with Crippen LogP contribution in [0.15, 0.2) is 67.0 Å². The minimum Gasteiger partial charge on any atom is -0.492 e. The average molecular weight is 433 g/mol. The van der Waals surface area contributed by atoms with Gasteiger partial charge in [-0.2, -0.15) is 0 Å². The number of fused-ring (bicyclic) bond motifs is 1. The van der Waals surface area contributed by atoms with Gasteiger partial charge in [0, 0.05) is 32.4 Å². The molecular formula is C25H28N4O3. The number of carbonyl (C=O) groups excluding carboxylic acids is 2. The number of benzene rings is 2. The second-order valence-corrected chi connectivity index (χ2v) is 7.90. The van der Waals surface area contributed by atoms with E-state index in [1.807, 2.05) is 24.3 Å². The van der Waals surface area contributed by atoms with E-state index in [1.54, 1.807) is 12.4 Å². The molecule has 32 heavy (non-hydrogen) atoms. The molecule has 2 N–H and O–H groups in total. The van der Waals surface area contributed by atoms with E-state index in [1.165, 1.54) is 10.8 Å². The predicted octanol–water partition coefficient (Wildman–Crippen LogP) is 2.51. The van der Waals surface area contributed by atoms with Crippen LogP contribution in [-0.4, -0.2) is 54.0 Å². The molecule has 2 aromatic carbocycles. The molecule has 0 spiro atoms. The van der Waals surface area contributed by atoms with Crippen molar-refractivity contribution in [2.24, 2.45) is 0 Å². The smallest absolute Gasteiger partial charge is 0.237 e. The highest BCUT2D eigenvalue weighted by Gasteiger charge is 2.31. The molecule has 1 aromatic heterocycles. The van der Waals surface area contributed by atoms with Crippen LogP contribution < -0.4 is 15.4 Å². The number of aromatic nitrogens is 1. The largest absolute Gasteiger partial charge is 0.492 e. The highest BCUT2D eigenvalue weighted by molar-refractivity contribution is 5.89. The van der Waals surface area contributed by atoms with Gasteiger partial charge in [-0.25, -0.2) is 0 Å². The third-order valence-electron chi connectivity index (χ3n) is 5.57. The fraction of sp³-hybridized carbons (Fsp3) is 0.320. The van der Waals surface area contributed by atoms with E-state index in [4.69, 9.17) is 4.74 Å². The number of hydrogen-bond donors (Lipinski definition) is 2. The lowest BCUT2D eigenvalue weighted by Gasteiger charge is -2.34. The van der Waals surface area contributed by atoms with E-state index in [0.29, 0.717) is 38.4 Å². The van der Waals surface area contributed by atoms with Crippen molar-refractivity contribution in [2.45, 2.75) is 25.4 Å². The molecule has 0 unspecified atom stereocenters. The Kier molecular flexibility index (Phi) is 7.30. The zero-order valence-electron chi connectivity index (χ0n) is 18.0.